The van der Waals surface area contributed by atoms with Gasteiger partial charge < -0.3 is 10.6 Å². The third-order valence-electron chi connectivity index (χ3n) is 3.70. The van der Waals surface area contributed by atoms with E-state index >= 15 is 0 Å². The second kappa shape index (κ2) is 6.85. The van der Waals surface area contributed by atoms with Gasteiger partial charge in [0.1, 0.15) is 6.04 Å². The lowest BCUT2D eigenvalue weighted by Gasteiger charge is -2.19. The van der Waals surface area contributed by atoms with Crippen LogP contribution in [-0.2, 0) is 4.79 Å². The van der Waals surface area contributed by atoms with Crippen molar-refractivity contribution in [2.45, 2.75) is 25.4 Å². The molecule has 0 spiro atoms. The highest BCUT2D eigenvalue weighted by Crippen LogP contribution is 2.16. The molecule has 7 nitrogen and oxygen atoms in total. The lowest BCUT2D eigenvalue weighted by Crippen LogP contribution is -2.37. The van der Waals surface area contributed by atoms with E-state index in [2.05, 4.69) is 15.4 Å². The summed E-state index contributed by atoms with van der Waals surface area (Å²) in [5.74, 6) is 0.508. The van der Waals surface area contributed by atoms with Crippen LogP contribution in [0, 0.1) is 0 Å². The average molecular weight is 323 g/mol. The number of nitrogens with two attached hydrogens (primary N) is 1. The number of hydrogen-bond donors (Lipinski definition) is 1. The Bertz CT molecular complexity index is 631. The molecule has 8 heteroatoms. The summed E-state index contributed by atoms with van der Waals surface area (Å²) in [6, 6.07) is 9.18. The Morgan fingerprint density at radius 1 is 1.36 bits per heavy atom. The quantitative estimate of drug-likeness (QED) is 0.906. The number of nitrogens with zero attached hydrogens (tertiary/aromatic N) is 5. The highest BCUT2D eigenvalue weighted by Gasteiger charge is 2.29. The number of hydrogen-bond acceptors (Lipinski definition) is 5. The minimum absolute atomic E-state index is 0. The van der Waals surface area contributed by atoms with Gasteiger partial charge in [-0.2, -0.15) is 4.80 Å². The van der Waals surface area contributed by atoms with Crippen LogP contribution >= 0.6 is 12.4 Å². The Hall–Kier alpha value is -1.99. The SMILES string of the molecule is CC(C(=O)N1CC[C@@H](N)C1)n1nnc(-c2ccccc2)n1.Cl. The summed E-state index contributed by atoms with van der Waals surface area (Å²) < 4.78 is 0. The van der Waals surface area contributed by atoms with Crippen LogP contribution in [0.15, 0.2) is 30.3 Å². The van der Waals surface area contributed by atoms with Gasteiger partial charge in [0.25, 0.3) is 0 Å². The standard InChI is InChI=1S/C14H18N6O.ClH/c1-10(14(21)19-8-7-12(15)9-19)20-17-13(16-18-20)11-5-3-2-4-6-11;/h2-6,10,12H,7-9,15H2,1H3;1H/t10?,12-;/m1./s1. The van der Waals surface area contributed by atoms with E-state index in [1.165, 1.54) is 4.80 Å². The van der Waals surface area contributed by atoms with Gasteiger partial charge in [0.15, 0.2) is 0 Å². The van der Waals surface area contributed by atoms with Gasteiger partial charge in [-0.15, -0.1) is 22.6 Å². The molecule has 118 valence electrons. The molecule has 2 heterocycles. The van der Waals surface area contributed by atoms with Crippen LogP contribution in [0.2, 0.25) is 0 Å². The molecule has 1 saturated heterocycles. The van der Waals surface area contributed by atoms with Gasteiger partial charge in [-0.3, -0.25) is 4.79 Å². The Balaban J connectivity index is 0.00000176. The summed E-state index contributed by atoms with van der Waals surface area (Å²) in [5, 5.41) is 12.3. The molecule has 1 unspecified atom stereocenters. The highest BCUT2D eigenvalue weighted by atomic mass is 35.5. The van der Waals surface area contributed by atoms with Gasteiger partial charge in [0.2, 0.25) is 11.7 Å². The third kappa shape index (κ3) is 3.26. The van der Waals surface area contributed by atoms with E-state index in [1.54, 1.807) is 11.8 Å². The predicted molar refractivity (Wildman–Crippen MR) is 84.4 cm³/mol. The van der Waals surface area contributed by atoms with Crippen molar-refractivity contribution >= 4 is 18.3 Å². The van der Waals surface area contributed by atoms with Crippen molar-refractivity contribution in [1.82, 2.24) is 25.1 Å². The van der Waals surface area contributed by atoms with Crippen molar-refractivity contribution < 1.29 is 4.79 Å². The summed E-state index contributed by atoms with van der Waals surface area (Å²) in [6.07, 6.45) is 0.846. The Morgan fingerprint density at radius 3 is 2.73 bits per heavy atom. The molecule has 2 aromatic rings. The molecule has 1 fully saturated rings. The number of carbonyl (C=O) groups excluding carboxylic acids is 1. The molecule has 0 bridgehead atoms. The van der Waals surface area contributed by atoms with Crippen LogP contribution in [0.3, 0.4) is 0 Å². The van der Waals surface area contributed by atoms with Gasteiger partial charge >= 0.3 is 0 Å². The number of amides is 1. The summed E-state index contributed by atoms with van der Waals surface area (Å²) in [6.45, 7) is 3.08. The van der Waals surface area contributed by atoms with Crippen LogP contribution < -0.4 is 5.73 Å². The lowest BCUT2D eigenvalue weighted by atomic mass is 10.2. The Morgan fingerprint density at radius 2 is 2.09 bits per heavy atom. The largest absolute Gasteiger partial charge is 0.339 e. The van der Waals surface area contributed by atoms with Crippen LogP contribution in [0.4, 0.5) is 0 Å². The van der Waals surface area contributed by atoms with E-state index < -0.39 is 6.04 Å². The fourth-order valence-electron chi connectivity index (χ4n) is 2.44. The van der Waals surface area contributed by atoms with Crippen molar-refractivity contribution in [1.29, 1.82) is 0 Å². The first-order chi connectivity index (χ1) is 10.1. The van der Waals surface area contributed by atoms with Gasteiger partial charge in [-0.1, -0.05) is 30.3 Å². The maximum absolute atomic E-state index is 12.4. The van der Waals surface area contributed by atoms with Crippen molar-refractivity contribution in [3.8, 4) is 11.4 Å². The van der Waals surface area contributed by atoms with Gasteiger partial charge in [-0.25, -0.2) is 0 Å². The number of benzene rings is 1. The van der Waals surface area contributed by atoms with E-state index in [1.807, 2.05) is 30.3 Å². The zero-order chi connectivity index (χ0) is 14.8. The van der Waals surface area contributed by atoms with E-state index in [-0.39, 0.29) is 24.4 Å². The number of aromatic nitrogens is 4. The molecule has 3 rings (SSSR count). The molecule has 22 heavy (non-hydrogen) atoms. The number of halogens is 1. The topological polar surface area (TPSA) is 89.9 Å². The van der Waals surface area contributed by atoms with E-state index in [4.69, 9.17) is 5.73 Å². The Labute approximate surface area is 134 Å². The van der Waals surface area contributed by atoms with Gasteiger partial charge in [-0.05, 0) is 18.6 Å². The number of likely N-dealkylation sites (tertiary alicyclic amines) is 1. The molecule has 1 aliphatic rings. The van der Waals surface area contributed by atoms with E-state index in [9.17, 15) is 4.79 Å². The number of rotatable bonds is 3. The second-order valence-corrected chi connectivity index (χ2v) is 5.31. The molecular formula is C14H19ClN6O. The minimum atomic E-state index is -0.472. The summed E-state index contributed by atoms with van der Waals surface area (Å²) in [5.41, 5.74) is 6.72. The highest BCUT2D eigenvalue weighted by molar-refractivity contribution is 5.85. The predicted octanol–water partition coefficient (Wildman–Crippen LogP) is 0.883. The molecule has 2 N–H and O–H groups in total. The summed E-state index contributed by atoms with van der Waals surface area (Å²) in [7, 11) is 0. The van der Waals surface area contributed by atoms with Crippen molar-refractivity contribution in [2.75, 3.05) is 13.1 Å². The molecule has 0 aliphatic carbocycles. The summed E-state index contributed by atoms with van der Waals surface area (Å²) >= 11 is 0. The maximum atomic E-state index is 12.4. The van der Waals surface area contributed by atoms with Crippen molar-refractivity contribution in [3.05, 3.63) is 30.3 Å². The van der Waals surface area contributed by atoms with Crippen LogP contribution in [-0.4, -0.2) is 50.1 Å². The zero-order valence-electron chi connectivity index (χ0n) is 12.3. The monoisotopic (exact) mass is 322 g/mol. The van der Waals surface area contributed by atoms with Gasteiger partial charge in [0, 0.05) is 24.7 Å². The number of tetrazole rings is 1. The third-order valence-corrected chi connectivity index (χ3v) is 3.70. The average Bonchev–Trinajstić information content (AvgIpc) is 3.16. The zero-order valence-corrected chi connectivity index (χ0v) is 13.1. The van der Waals surface area contributed by atoms with Crippen LogP contribution in [0.1, 0.15) is 19.4 Å². The molecular weight excluding hydrogens is 304 g/mol. The van der Waals surface area contributed by atoms with Gasteiger partial charge in [0.05, 0.1) is 0 Å². The normalized spacial score (nSPS) is 18.8. The molecule has 1 aromatic heterocycles. The maximum Gasteiger partial charge on any atom is 0.249 e. The first-order valence-corrected chi connectivity index (χ1v) is 7.04. The smallest absolute Gasteiger partial charge is 0.249 e. The lowest BCUT2D eigenvalue weighted by molar-refractivity contribution is -0.133. The van der Waals surface area contributed by atoms with E-state index in [0.717, 1.165) is 12.0 Å². The molecule has 1 amide bonds. The Kier molecular flexibility index (Phi) is 5.10. The second-order valence-electron chi connectivity index (χ2n) is 5.31. The fourth-order valence-corrected chi connectivity index (χ4v) is 2.44. The number of carbonyl (C=O) groups is 1. The van der Waals surface area contributed by atoms with E-state index in [0.29, 0.717) is 18.9 Å². The molecule has 0 radical (unpaired) electrons. The molecule has 1 aromatic carbocycles. The first kappa shape index (κ1) is 16.4. The van der Waals surface area contributed by atoms with Crippen LogP contribution in [0.25, 0.3) is 11.4 Å². The van der Waals surface area contributed by atoms with Crippen LogP contribution in [0.5, 0.6) is 0 Å². The first-order valence-electron chi connectivity index (χ1n) is 7.04. The fraction of sp³-hybridized carbons (Fsp3) is 0.429. The molecule has 2 atom stereocenters. The molecule has 0 saturated carbocycles. The minimum Gasteiger partial charge on any atom is -0.339 e. The molecule has 1 aliphatic heterocycles. The summed E-state index contributed by atoms with van der Waals surface area (Å²) in [4.78, 5) is 15.5. The van der Waals surface area contributed by atoms with Crippen molar-refractivity contribution in [3.63, 3.8) is 0 Å². The van der Waals surface area contributed by atoms with Crippen molar-refractivity contribution in [2.24, 2.45) is 5.73 Å².